The Morgan fingerprint density at radius 1 is 0.754 bits per heavy atom. The highest BCUT2D eigenvalue weighted by Crippen LogP contribution is 2.18. The number of carbonyl (C=O) groups is 5. The van der Waals surface area contributed by atoms with E-state index in [9.17, 15) is 32.8 Å². The number of benzene rings is 2. The van der Waals surface area contributed by atoms with Gasteiger partial charge in [0.05, 0.1) is 20.3 Å². The van der Waals surface area contributed by atoms with E-state index in [2.05, 4.69) is 28.2 Å². The average Bonchev–Trinajstić information content (AvgIpc) is 3.15. The summed E-state index contributed by atoms with van der Waals surface area (Å²) in [4.78, 5) is 66.2. The van der Waals surface area contributed by atoms with Gasteiger partial charge in [0, 0.05) is 32.0 Å². The van der Waals surface area contributed by atoms with Gasteiger partial charge in [-0.15, -0.1) is 0 Å². The molecule has 0 saturated heterocycles. The Labute approximate surface area is 359 Å². The zero-order chi connectivity index (χ0) is 45.8. The lowest BCUT2D eigenvalue weighted by Crippen LogP contribution is -2.56. The number of rotatable bonds is 24. The van der Waals surface area contributed by atoms with E-state index in [1.807, 2.05) is 0 Å². The van der Waals surface area contributed by atoms with Gasteiger partial charge in [-0.05, 0) is 101 Å². The van der Waals surface area contributed by atoms with E-state index in [-0.39, 0.29) is 51.1 Å². The van der Waals surface area contributed by atoms with Gasteiger partial charge in [0.15, 0.2) is 0 Å². The van der Waals surface area contributed by atoms with Crippen molar-refractivity contribution in [3.8, 4) is 5.75 Å². The highest BCUT2D eigenvalue weighted by molar-refractivity contribution is 5.85. The molecule has 0 fully saturated rings. The fourth-order valence-electron chi connectivity index (χ4n) is 5.82. The van der Waals surface area contributed by atoms with Crippen LogP contribution in [0.25, 0.3) is 0 Å². The predicted molar refractivity (Wildman–Crippen MR) is 227 cm³/mol. The number of amides is 4. The van der Waals surface area contributed by atoms with Crippen LogP contribution in [0.15, 0.2) is 42.5 Å². The molecule has 4 amide bonds. The molecule has 0 aromatic heterocycles. The van der Waals surface area contributed by atoms with E-state index < -0.39 is 76.4 Å². The van der Waals surface area contributed by atoms with E-state index in [0.717, 1.165) is 49.4 Å². The number of unbranched alkanes of at least 4 members (excludes halogenated alkanes) is 4. The van der Waals surface area contributed by atoms with E-state index >= 15 is 0 Å². The van der Waals surface area contributed by atoms with Crippen LogP contribution < -0.4 is 26.0 Å². The summed E-state index contributed by atoms with van der Waals surface area (Å²) in [7, 11) is 1.56. The minimum atomic E-state index is -1.53. The number of nitrogens with one attached hydrogen (secondary N) is 4. The predicted octanol–water partition coefficient (Wildman–Crippen LogP) is 7.44. The number of methoxy groups -OCH3 is 1. The quantitative estimate of drug-likeness (QED) is 0.0471. The molecule has 2 aromatic carbocycles. The fraction of sp³-hybridized carbons (Fsp3) is 0.622. The maximum absolute atomic E-state index is 14.6. The van der Waals surface area contributed by atoms with Gasteiger partial charge in [0.1, 0.15) is 34.6 Å². The first kappa shape index (κ1) is 52.1. The number of hydrogen-bond acceptors (Lipinski definition) is 10. The molecular formula is C45H68F2N4O10. The van der Waals surface area contributed by atoms with Gasteiger partial charge in [-0.1, -0.05) is 58.6 Å². The van der Waals surface area contributed by atoms with Crippen molar-refractivity contribution in [2.24, 2.45) is 5.41 Å². The SMILES string of the molecule is CCCCCCCC(=O)O[C@H](C(=O)NCC(C)(C)CNC(=O)CC(Cc1cc(F)ccc1F)NC(=O)OC(C)(C)C)[C@@H](COCc1ccc(OC)cc1)NC(=O)OC(C)(C)C. The third-order valence-corrected chi connectivity index (χ3v) is 8.93. The molecule has 0 saturated carbocycles. The summed E-state index contributed by atoms with van der Waals surface area (Å²) in [6.07, 6.45) is 0.740. The summed E-state index contributed by atoms with van der Waals surface area (Å²) in [5.74, 6) is -2.57. The first-order valence-electron chi connectivity index (χ1n) is 20.9. The van der Waals surface area contributed by atoms with Crippen LogP contribution in [-0.2, 0) is 46.4 Å². The molecule has 61 heavy (non-hydrogen) atoms. The zero-order valence-electron chi connectivity index (χ0n) is 37.6. The highest BCUT2D eigenvalue weighted by Gasteiger charge is 2.36. The van der Waals surface area contributed by atoms with Gasteiger partial charge in [0.2, 0.25) is 12.0 Å². The van der Waals surface area contributed by atoms with E-state index in [1.54, 1.807) is 86.8 Å². The molecule has 14 nitrogen and oxygen atoms in total. The van der Waals surface area contributed by atoms with Crippen LogP contribution in [0.4, 0.5) is 18.4 Å². The number of ether oxygens (including phenoxy) is 5. The molecule has 0 bridgehead atoms. The zero-order valence-corrected chi connectivity index (χ0v) is 37.6. The van der Waals surface area contributed by atoms with Crippen LogP contribution in [0.1, 0.15) is 118 Å². The molecule has 0 aliphatic rings. The van der Waals surface area contributed by atoms with Crippen LogP contribution in [0.3, 0.4) is 0 Å². The molecule has 0 aliphatic heterocycles. The van der Waals surface area contributed by atoms with Gasteiger partial charge in [0.25, 0.3) is 5.91 Å². The lowest BCUT2D eigenvalue weighted by Gasteiger charge is -2.30. The fourth-order valence-corrected chi connectivity index (χ4v) is 5.82. The van der Waals surface area contributed by atoms with Crippen molar-refractivity contribution in [3.05, 3.63) is 65.2 Å². The van der Waals surface area contributed by atoms with E-state index in [1.165, 1.54) is 0 Å². The number of esters is 1. The topological polar surface area (TPSA) is 180 Å². The molecule has 2 rings (SSSR count). The largest absolute Gasteiger partial charge is 0.497 e. The molecule has 0 spiro atoms. The summed E-state index contributed by atoms with van der Waals surface area (Å²) in [5.41, 5.74) is -1.76. The Bertz CT molecular complexity index is 1710. The monoisotopic (exact) mass is 862 g/mol. The minimum absolute atomic E-state index is 0.0167. The standard InChI is InChI=1S/C45H68F2N4O10/c1-11-12-13-14-15-16-38(53)59-39(36(51-42(56)61-44(5,6)7)27-58-26-30-17-20-34(57-10)21-18-30)40(54)49-29-45(8,9)28-48-37(52)25-33(50-41(55)60-43(2,3)4)24-31-23-32(46)19-22-35(31)47/h17-23,33,36,39H,11-16,24-29H2,1-10H3,(H,48,52)(H,49,54)(H,50,55)(H,51,56)/t33?,36-,39+/m1/s1. The number of hydrogen-bond donors (Lipinski definition) is 4. The summed E-state index contributed by atoms with van der Waals surface area (Å²) in [5, 5.41) is 10.9. The van der Waals surface area contributed by atoms with Gasteiger partial charge in [-0.2, -0.15) is 0 Å². The van der Waals surface area contributed by atoms with Crippen molar-refractivity contribution >= 4 is 30.0 Å². The Morgan fingerprint density at radius 2 is 1.36 bits per heavy atom. The molecule has 3 atom stereocenters. The second-order valence-electron chi connectivity index (χ2n) is 17.8. The first-order chi connectivity index (χ1) is 28.5. The van der Waals surface area contributed by atoms with Crippen LogP contribution in [0.2, 0.25) is 0 Å². The molecular weight excluding hydrogens is 795 g/mol. The third-order valence-electron chi connectivity index (χ3n) is 8.93. The van der Waals surface area contributed by atoms with Crippen LogP contribution in [0.5, 0.6) is 5.75 Å². The average molecular weight is 863 g/mol. The second kappa shape index (κ2) is 25.1. The number of halogens is 2. The minimum Gasteiger partial charge on any atom is -0.497 e. The molecule has 1 unspecified atom stereocenters. The van der Waals surface area contributed by atoms with Crippen molar-refractivity contribution in [2.45, 2.75) is 150 Å². The third kappa shape index (κ3) is 22.4. The lowest BCUT2D eigenvalue weighted by molar-refractivity contribution is -0.159. The second-order valence-corrected chi connectivity index (χ2v) is 17.8. The Balaban J connectivity index is 2.23. The van der Waals surface area contributed by atoms with Crippen LogP contribution in [-0.4, -0.2) is 86.2 Å². The molecule has 0 heterocycles. The number of carbonyl (C=O) groups excluding carboxylic acids is 5. The van der Waals surface area contributed by atoms with Crippen molar-refractivity contribution in [2.75, 3.05) is 26.8 Å². The Morgan fingerprint density at radius 3 is 1.97 bits per heavy atom. The number of alkyl carbamates (subject to hydrolysis) is 2. The summed E-state index contributed by atoms with van der Waals surface area (Å²) >= 11 is 0. The summed E-state index contributed by atoms with van der Waals surface area (Å²) < 4.78 is 56.3. The van der Waals surface area contributed by atoms with Crippen molar-refractivity contribution in [1.29, 1.82) is 0 Å². The van der Waals surface area contributed by atoms with Crippen molar-refractivity contribution < 1.29 is 56.4 Å². The smallest absolute Gasteiger partial charge is 0.408 e. The molecule has 4 N–H and O–H groups in total. The first-order valence-corrected chi connectivity index (χ1v) is 20.9. The molecule has 0 radical (unpaired) electrons. The summed E-state index contributed by atoms with van der Waals surface area (Å²) in [6, 6.07) is 7.96. The molecule has 342 valence electrons. The molecule has 2 aromatic rings. The summed E-state index contributed by atoms with van der Waals surface area (Å²) in [6.45, 7) is 15.6. The lowest BCUT2D eigenvalue weighted by atomic mass is 9.93. The van der Waals surface area contributed by atoms with Crippen LogP contribution >= 0.6 is 0 Å². The normalized spacial score (nSPS) is 13.2. The maximum Gasteiger partial charge on any atom is 0.408 e. The Kier molecular flexibility index (Phi) is 21.4. The molecule has 0 aliphatic carbocycles. The van der Waals surface area contributed by atoms with Gasteiger partial charge in [-0.25, -0.2) is 18.4 Å². The van der Waals surface area contributed by atoms with Gasteiger partial charge < -0.3 is 45.0 Å². The maximum atomic E-state index is 14.6. The Hall–Kier alpha value is -4.99. The van der Waals surface area contributed by atoms with Crippen LogP contribution in [0, 0.1) is 17.0 Å². The van der Waals surface area contributed by atoms with Gasteiger partial charge >= 0.3 is 18.2 Å². The van der Waals surface area contributed by atoms with E-state index in [4.69, 9.17) is 23.7 Å². The van der Waals surface area contributed by atoms with Gasteiger partial charge in [-0.3, -0.25) is 14.4 Å². The van der Waals surface area contributed by atoms with Crippen molar-refractivity contribution in [3.63, 3.8) is 0 Å². The highest BCUT2D eigenvalue weighted by atomic mass is 19.1. The van der Waals surface area contributed by atoms with Crippen molar-refractivity contribution in [1.82, 2.24) is 21.3 Å². The molecule has 16 heteroatoms. The van der Waals surface area contributed by atoms with E-state index in [0.29, 0.717) is 12.2 Å².